The number of aryl methyl sites for hydroxylation is 2. The molecule has 61 heavy (non-hydrogen) atoms. The van der Waals surface area contributed by atoms with Gasteiger partial charge in [-0.15, -0.1) is 21.5 Å². The number of aromatic hydroxyl groups is 1. The number of hydrogen-bond acceptors (Lipinski definition) is 11. The number of benzene rings is 4. The van der Waals surface area contributed by atoms with Crippen molar-refractivity contribution in [2.24, 2.45) is 4.99 Å². The molecule has 8 rings (SSSR count). The van der Waals surface area contributed by atoms with E-state index in [1.165, 1.54) is 35.2 Å². The summed E-state index contributed by atoms with van der Waals surface area (Å²) >= 11 is 13.3. The number of aromatic nitrogens is 3. The van der Waals surface area contributed by atoms with Gasteiger partial charge in [0.05, 0.1) is 24.3 Å². The summed E-state index contributed by atoms with van der Waals surface area (Å²) in [5.41, 5.74) is 5.70. The van der Waals surface area contributed by atoms with E-state index >= 15 is 0 Å². The van der Waals surface area contributed by atoms with Crippen molar-refractivity contribution < 1.29 is 29.0 Å². The van der Waals surface area contributed by atoms with Crippen LogP contribution < -0.4 is 16.1 Å². The number of hydrogen-bond donors (Lipinski definition) is 4. The SMILES string of the molecule is Cc1sc2c(c1C)C(c1ccc(Cl)cc1)=N[C@@H](CC(=O)NCCCCCOC(=S)Nc1ccc(-c3c4ccc(=O)cc-4oc4cc(O)ccc34)c(C(=O)O)c1)c1nnc(C)n1-2. The Labute approximate surface area is 364 Å². The van der Waals surface area contributed by atoms with Gasteiger partial charge in [0.1, 0.15) is 34.0 Å². The number of carbonyl (C=O) groups excluding carboxylic acids is 1. The number of aliphatic imine (C=N–C) groups is 1. The number of anilines is 1. The monoisotopic (exact) mass is 874 g/mol. The smallest absolute Gasteiger partial charge is 0.336 e. The largest absolute Gasteiger partial charge is 0.508 e. The first-order chi connectivity index (χ1) is 29.4. The molecule has 0 spiro atoms. The summed E-state index contributed by atoms with van der Waals surface area (Å²) in [6.07, 6.45) is 2.22. The third-order valence-corrected chi connectivity index (χ3v) is 12.2. The van der Waals surface area contributed by atoms with Crippen LogP contribution in [-0.2, 0) is 9.53 Å². The maximum absolute atomic E-state index is 13.4. The number of unbranched alkanes of at least 4 members (excludes halogenated alkanes) is 2. The molecule has 310 valence electrons. The lowest BCUT2D eigenvalue weighted by Crippen LogP contribution is -2.26. The van der Waals surface area contributed by atoms with Crippen molar-refractivity contribution in [1.29, 1.82) is 0 Å². The van der Waals surface area contributed by atoms with E-state index in [1.54, 1.807) is 35.6 Å². The van der Waals surface area contributed by atoms with Crippen LogP contribution in [-0.4, -0.2) is 60.9 Å². The summed E-state index contributed by atoms with van der Waals surface area (Å²) < 4.78 is 13.7. The quantitative estimate of drug-likeness (QED) is 0.0522. The van der Waals surface area contributed by atoms with Gasteiger partial charge in [-0.2, -0.15) is 0 Å². The summed E-state index contributed by atoms with van der Waals surface area (Å²) in [6, 6.07) is 20.7. The Morgan fingerprint density at radius 2 is 1.74 bits per heavy atom. The lowest BCUT2D eigenvalue weighted by molar-refractivity contribution is -0.121. The number of ether oxygens (including phenoxy) is 1. The van der Waals surface area contributed by atoms with Crippen molar-refractivity contribution in [3.8, 4) is 33.2 Å². The summed E-state index contributed by atoms with van der Waals surface area (Å²) in [4.78, 5) is 44.4. The predicted molar refractivity (Wildman–Crippen MR) is 240 cm³/mol. The molecule has 1 atom stereocenters. The summed E-state index contributed by atoms with van der Waals surface area (Å²) in [6.45, 7) is 6.85. The molecule has 3 aliphatic rings. The Hall–Kier alpha value is -6.42. The molecule has 5 aromatic rings. The molecular formula is C45H39ClN6O7S2. The van der Waals surface area contributed by atoms with Gasteiger partial charge in [0.15, 0.2) is 11.3 Å². The van der Waals surface area contributed by atoms with E-state index in [0.29, 0.717) is 70.2 Å². The van der Waals surface area contributed by atoms with E-state index in [2.05, 4.69) is 34.7 Å². The Bertz CT molecular complexity index is 2920. The van der Waals surface area contributed by atoms with Crippen LogP contribution in [0, 0.1) is 20.8 Å². The number of nitrogens with one attached hydrogen (secondary N) is 2. The molecule has 0 radical (unpaired) electrons. The van der Waals surface area contributed by atoms with Crippen LogP contribution in [0.4, 0.5) is 5.69 Å². The normalized spacial score (nSPS) is 13.3. The number of fused-ring (bicyclic) bond motifs is 5. The van der Waals surface area contributed by atoms with E-state index in [4.69, 9.17) is 38.0 Å². The maximum Gasteiger partial charge on any atom is 0.336 e. The number of rotatable bonds is 12. The molecule has 0 bridgehead atoms. The lowest BCUT2D eigenvalue weighted by atomic mass is 9.90. The Kier molecular flexibility index (Phi) is 11.7. The lowest BCUT2D eigenvalue weighted by Gasteiger charge is -2.18. The minimum absolute atomic E-state index is 0.0190. The first-order valence-corrected chi connectivity index (χ1v) is 21.1. The van der Waals surface area contributed by atoms with Gasteiger partial charge in [0.25, 0.3) is 5.17 Å². The van der Waals surface area contributed by atoms with E-state index < -0.39 is 12.0 Å². The van der Waals surface area contributed by atoms with Gasteiger partial charge < -0.3 is 30.0 Å². The number of thiophene rings is 1. The first-order valence-electron chi connectivity index (χ1n) is 19.5. The number of nitrogens with zero attached hydrogens (tertiary/aromatic N) is 4. The molecule has 1 aliphatic carbocycles. The van der Waals surface area contributed by atoms with Gasteiger partial charge in [-0.3, -0.25) is 19.1 Å². The number of amides is 1. The fourth-order valence-electron chi connectivity index (χ4n) is 7.50. The average molecular weight is 875 g/mol. The molecule has 4 heterocycles. The van der Waals surface area contributed by atoms with Gasteiger partial charge in [-0.1, -0.05) is 29.8 Å². The van der Waals surface area contributed by atoms with Crippen LogP contribution in [0.5, 0.6) is 5.75 Å². The summed E-state index contributed by atoms with van der Waals surface area (Å²) in [5.74, 6) is 0.236. The minimum atomic E-state index is -1.18. The van der Waals surface area contributed by atoms with Crippen molar-refractivity contribution in [2.75, 3.05) is 18.5 Å². The average Bonchev–Trinajstić information content (AvgIpc) is 3.71. The molecule has 13 nitrogen and oxygen atoms in total. The van der Waals surface area contributed by atoms with Crippen LogP contribution in [0.1, 0.15) is 75.3 Å². The Morgan fingerprint density at radius 3 is 2.52 bits per heavy atom. The Balaban J connectivity index is 0.863. The van der Waals surface area contributed by atoms with Crippen molar-refractivity contribution >= 4 is 74.6 Å². The molecule has 16 heteroatoms. The second kappa shape index (κ2) is 17.3. The number of phenolic OH excluding ortho intramolecular Hbond substituents is 1. The zero-order valence-corrected chi connectivity index (χ0v) is 35.6. The van der Waals surface area contributed by atoms with Crippen molar-refractivity contribution in [3.05, 3.63) is 133 Å². The van der Waals surface area contributed by atoms with Gasteiger partial charge in [-0.05, 0) is 112 Å². The highest BCUT2D eigenvalue weighted by molar-refractivity contribution is 7.80. The van der Waals surface area contributed by atoms with E-state index in [0.717, 1.165) is 39.6 Å². The number of thiocarbonyl (C=S) groups is 1. The summed E-state index contributed by atoms with van der Waals surface area (Å²) in [5, 5.41) is 37.5. The van der Waals surface area contributed by atoms with Crippen LogP contribution in [0.25, 0.3) is 38.4 Å². The van der Waals surface area contributed by atoms with Gasteiger partial charge in [0.2, 0.25) is 5.91 Å². The number of carboxylic acids is 1. The van der Waals surface area contributed by atoms with Crippen LogP contribution >= 0.6 is 35.2 Å². The zero-order chi connectivity index (χ0) is 42.9. The Morgan fingerprint density at radius 1 is 0.951 bits per heavy atom. The topological polar surface area (TPSA) is 181 Å². The van der Waals surface area contributed by atoms with Gasteiger partial charge in [-0.25, -0.2) is 4.79 Å². The number of halogens is 1. The molecule has 1 amide bonds. The van der Waals surface area contributed by atoms with Crippen LogP contribution in [0.15, 0.2) is 93.1 Å². The molecule has 0 unspecified atom stereocenters. The van der Waals surface area contributed by atoms with Crippen LogP contribution in [0.2, 0.25) is 5.02 Å². The molecule has 0 fully saturated rings. The zero-order valence-electron chi connectivity index (χ0n) is 33.2. The standard InChI is InChI=1S/C45H39ClN6O7S2/c1-23-24(2)61-43-39(23)41(26-7-9-27(46)10-8-26)49-35(42-51-50-25(3)52(42)43)22-38(55)47-17-5-4-6-18-58-45(60)48-28-11-14-31(34(19-28)44(56)57)40-32-15-12-29(53)20-36(32)59-37-21-30(54)13-16-33(37)40/h7-16,19-21,35,53H,4-6,17-18,22H2,1-3H3,(H,47,55)(H,48,60)(H,56,57)/t35-/m0/s1. The highest BCUT2D eigenvalue weighted by Gasteiger charge is 2.32. The van der Waals surface area contributed by atoms with Crippen molar-refractivity contribution in [3.63, 3.8) is 0 Å². The predicted octanol–water partition coefficient (Wildman–Crippen LogP) is 9.17. The fourth-order valence-corrected chi connectivity index (χ4v) is 9.04. The highest BCUT2D eigenvalue weighted by atomic mass is 35.5. The minimum Gasteiger partial charge on any atom is -0.508 e. The number of carbonyl (C=O) groups is 2. The molecule has 4 N–H and O–H groups in total. The molecule has 2 aliphatic heterocycles. The van der Waals surface area contributed by atoms with Gasteiger partial charge in [0, 0.05) is 61.9 Å². The third kappa shape index (κ3) is 8.49. The van der Waals surface area contributed by atoms with Crippen LogP contribution in [0.3, 0.4) is 0 Å². The number of phenols is 1. The summed E-state index contributed by atoms with van der Waals surface area (Å²) in [7, 11) is 0. The molecular weight excluding hydrogens is 836 g/mol. The first kappa shape index (κ1) is 41.3. The molecule has 3 aromatic carbocycles. The molecule has 0 saturated heterocycles. The van der Waals surface area contributed by atoms with E-state index in [9.17, 15) is 24.6 Å². The molecule has 2 aromatic heterocycles. The van der Waals surface area contributed by atoms with Crippen molar-refractivity contribution in [2.45, 2.75) is 52.5 Å². The van der Waals surface area contributed by atoms with Crippen molar-refractivity contribution in [1.82, 2.24) is 20.1 Å². The molecule has 0 saturated carbocycles. The number of aromatic carboxylic acids is 1. The van der Waals surface area contributed by atoms with E-state index in [-0.39, 0.29) is 40.0 Å². The second-order valence-corrected chi connectivity index (χ2v) is 16.7. The second-order valence-electron chi connectivity index (χ2n) is 14.7. The maximum atomic E-state index is 13.4. The number of carboxylic acid groups (broad SMARTS) is 1. The third-order valence-electron chi connectivity index (χ3n) is 10.6. The van der Waals surface area contributed by atoms with E-state index in [1.807, 2.05) is 35.8 Å². The fraction of sp³-hybridized carbons (Fsp3) is 0.222. The highest BCUT2D eigenvalue weighted by Crippen LogP contribution is 2.43. The van der Waals surface area contributed by atoms with Gasteiger partial charge >= 0.3 is 5.97 Å².